The van der Waals surface area contributed by atoms with Gasteiger partial charge in [-0.3, -0.25) is 14.5 Å². The summed E-state index contributed by atoms with van der Waals surface area (Å²) in [5.41, 5.74) is 1.11. The van der Waals surface area contributed by atoms with Crippen molar-refractivity contribution in [3.8, 4) is 0 Å². The molecule has 4 rings (SSSR count). The molecule has 0 radical (unpaired) electrons. The van der Waals surface area contributed by atoms with Gasteiger partial charge in [0.2, 0.25) is 5.91 Å². The second kappa shape index (κ2) is 11.7. The predicted molar refractivity (Wildman–Crippen MR) is 119 cm³/mol. The van der Waals surface area contributed by atoms with Crippen molar-refractivity contribution in [2.24, 2.45) is 17.3 Å². The molecule has 3 N–H and O–H groups in total. The Kier molecular flexibility index (Phi) is 9.04. The average Bonchev–Trinajstić information content (AvgIpc) is 3.27. The van der Waals surface area contributed by atoms with Gasteiger partial charge in [-0.1, -0.05) is 36.8 Å². The molecule has 0 bridgehead atoms. The summed E-state index contributed by atoms with van der Waals surface area (Å²) in [7, 11) is 1.67. The lowest BCUT2D eigenvalue weighted by Gasteiger charge is -2.24. The highest BCUT2D eigenvalue weighted by Gasteiger charge is 2.70. The lowest BCUT2D eigenvalue weighted by atomic mass is 9.85. The number of carbonyl (C=O) groups is 2. The molecule has 8 nitrogen and oxygen atoms in total. The normalized spacial score (nSPS) is 29.1. The first-order valence-electron chi connectivity index (χ1n) is 11.5. The van der Waals surface area contributed by atoms with Crippen LogP contribution in [0, 0.1) is 17.3 Å². The van der Waals surface area contributed by atoms with E-state index in [-0.39, 0.29) is 35.7 Å². The fourth-order valence-electron chi connectivity index (χ4n) is 5.33. The molecular weight excluding hydrogens is 412 g/mol. The molecule has 32 heavy (non-hydrogen) atoms. The number of benzene rings is 1. The van der Waals surface area contributed by atoms with Crippen molar-refractivity contribution in [2.75, 3.05) is 53.1 Å². The van der Waals surface area contributed by atoms with Crippen LogP contribution in [0.25, 0.3) is 0 Å². The number of amides is 1. The maximum Gasteiger partial charge on any atom is 0.290 e. The van der Waals surface area contributed by atoms with Crippen molar-refractivity contribution in [2.45, 2.75) is 31.3 Å². The quantitative estimate of drug-likeness (QED) is 0.366. The molecule has 3 aliphatic rings. The van der Waals surface area contributed by atoms with Crippen LogP contribution in [-0.4, -0.2) is 86.7 Å². The van der Waals surface area contributed by atoms with Gasteiger partial charge in [0.25, 0.3) is 6.47 Å². The van der Waals surface area contributed by atoms with Crippen LogP contribution in [0.15, 0.2) is 30.3 Å². The van der Waals surface area contributed by atoms with E-state index in [2.05, 4.69) is 34.5 Å². The average molecular weight is 449 g/mol. The zero-order chi connectivity index (χ0) is 23.0. The smallest absolute Gasteiger partial charge is 0.290 e. The Morgan fingerprint density at radius 2 is 1.97 bits per heavy atom. The number of rotatable bonds is 10. The lowest BCUT2D eigenvalue weighted by Crippen LogP contribution is -2.37. The van der Waals surface area contributed by atoms with Crippen molar-refractivity contribution in [1.29, 1.82) is 0 Å². The van der Waals surface area contributed by atoms with Gasteiger partial charge in [0, 0.05) is 44.6 Å². The number of β-amino-alcohol motifs (C(OH)–C–C–N with tert-alkyl or cyclic N) is 1. The van der Waals surface area contributed by atoms with Gasteiger partial charge < -0.3 is 25.0 Å². The molecule has 4 atom stereocenters. The van der Waals surface area contributed by atoms with Gasteiger partial charge in [-0.15, -0.1) is 0 Å². The number of nitrogens with one attached hydrogen (secondary N) is 1. The van der Waals surface area contributed by atoms with Gasteiger partial charge in [0.1, 0.15) is 0 Å². The number of aliphatic hydroxyl groups excluding tert-OH is 1. The molecule has 1 spiro atoms. The van der Waals surface area contributed by atoms with Crippen LogP contribution in [0.1, 0.15) is 30.7 Å². The Balaban J connectivity index is 0.000000913. The van der Waals surface area contributed by atoms with E-state index < -0.39 is 0 Å². The maximum absolute atomic E-state index is 12.4. The summed E-state index contributed by atoms with van der Waals surface area (Å²) in [5.74, 6) is 0.971. The van der Waals surface area contributed by atoms with Crippen molar-refractivity contribution >= 4 is 12.4 Å². The minimum Gasteiger partial charge on any atom is -0.483 e. The highest BCUT2D eigenvalue weighted by Crippen LogP contribution is 2.68. The number of hydrogen-bond acceptors (Lipinski definition) is 6. The SMILES string of the molecule is COCCOCCN1C[C@@H](O)[C@@]2(C1)[C@H](CNC(=O)C1CCC1)[C@H]2c1ccccc1.O=CO. The summed E-state index contributed by atoms with van der Waals surface area (Å²) < 4.78 is 10.6. The van der Waals surface area contributed by atoms with E-state index >= 15 is 0 Å². The highest BCUT2D eigenvalue weighted by atomic mass is 16.5. The standard InChI is InChI=1S/C23H34N2O4.CH2O2/c1-28-12-13-29-11-10-25-15-20(26)23(16-25)19(14-24-22(27)18-8-5-9-18)21(23)17-6-3-2-4-7-17;2-1-3/h2-4,6-7,18-21,26H,5,8-16H2,1H3,(H,24,27);1H,(H,2,3)/t19-,20-,21-,23-;/m1./s1. The van der Waals surface area contributed by atoms with E-state index in [4.69, 9.17) is 19.4 Å². The van der Waals surface area contributed by atoms with Gasteiger partial charge in [0.05, 0.1) is 25.9 Å². The largest absolute Gasteiger partial charge is 0.483 e. The van der Waals surface area contributed by atoms with Crippen LogP contribution >= 0.6 is 0 Å². The third-order valence-electron chi connectivity index (χ3n) is 7.23. The van der Waals surface area contributed by atoms with Gasteiger partial charge in [0.15, 0.2) is 0 Å². The first-order chi connectivity index (χ1) is 15.6. The Bertz CT molecular complexity index is 728. The minimum absolute atomic E-state index is 0.166. The molecule has 1 amide bonds. The molecular formula is C24H36N2O6. The number of ether oxygens (including phenoxy) is 2. The molecule has 8 heteroatoms. The molecule has 1 aromatic rings. The number of methoxy groups -OCH3 is 1. The first-order valence-corrected chi connectivity index (χ1v) is 11.5. The van der Waals surface area contributed by atoms with E-state index in [1.54, 1.807) is 7.11 Å². The van der Waals surface area contributed by atoms with Crippen LogP contribution in [0.4, 0.5) is 0 Å². The summed E-state index contributed by atoms with van der Waals surface area (Å²) in [6.07, 6.45) is 2.82. The Morgan fingerprint density at radius 1 is 1.25 bits per heavy atom. The second-order valence-corrected chi connectivity index (χ2v) is 8.94. The zero-order valence-corrected chi connectivity index (χ0v) is 18.8. The second-order valence-electron chi connectivity index (χ2n) is 8.94. The molecule has 1 aromatic carbocycles. The lowest BCUT2D eigenvalue weighted by molar-refractivity contribution is -0.127. The van der Waals surface area contributed by atoms with Crippen LogP contribution in [0.5, 0.6) is 0 Å². The number of aliphatic hydroxyl groups is 1. The van der Waals surface area contributed by atoms with E-state index in [0.29, 0.717) is 38.8 Å². The molecule has 3 fully saturated rings. The predicted octanol–water partition coefficient (Wildman–Crippen LogP) is 1.34. The van der Waals surface area contributed by atoms with Crippen LogP contribution in [0.3, 0.4) is 0 Å². The van der Waals surface area contributed by atoms with Crippen molar-refractivity contribution in [3.63, 3.8) is 0 Å². The Hall–Kier alpha value is -2.00. The number of hydrogen-bond donors (Lipinski definition) is 3. The maximum atomic E-state index is 12.4. The molecule has 178 valence electrons. The van der Waals surface area contributed by atoms with E-state index in [9.17, 15) is 9.90 Å². The van der Waals surface area contributed by atoms with Crippen molar-refractivity contribution in [1.82, 2.24) is 10.2 Å². The highest BCUT2D eigenvalue weighted by molar-refractivity contribution is 5.79. The summed E-state index contributed by atoms with van der Waals surface area (Å²) >= 11 is 0. The topological polar surface area (TPSA) is 108 Å². The number of carbonyl (C=O) groups excluding carboxylic acids is 1. The molecule has 0 aromatic heterocycles. The summed E-state index contributed by atoms with van der Waals surface area (Å²) in [5, 5.41) is 21.1. The first kappa shape index (κ1) is 24.6. The number of nitrogens with zero attached hydrogens (tertiary/aromatic N) is 1. The molecule has 2 aliphatic carbocycles. The molecule has 1 aliphatic heterocycles. The molecule has 1 saturated heterocycles. The van der Waals surface area contributed by atoms with Crippen LogP contribution in [-0.2, 0) is 19.1 Å². The summed E-state index contributed by atoms with van der Waals surface area (Å²) in [6, 6.07) is 10.5. The summed E-state index contributed by atoms with van der Waals surface area (Å²) in [6.45, 7) is 4.59. The van der Waals surface area contributed by atoms with Gasteiger partial charge in [-0.25, -0.2) is 0 Å². The van der Waals surface area contributed by atoms with E-state index in [1.807, 2.05) is 6.07 Å². The Labute approximate surface area is 189 Å². The molecule has 1 heterocycles. The fourth-order valence-corrected chi connectivity index (χ4v) is 5.33. The van der Waals surface area contributed by atoms with Crippen LogP contribution in [0.2, 0.25) is 0 Å². The third kappa shape index (κ3) is 5.49. The monoisotopic (exact) mass is 448 g/mol. The van der Waals surface area contributed by atoms with E-state index in [0.717, 1.165) is 32.4 Å². The van der Waals surface area contributed by atoms with Crippen molar-refractivity contribution in [3.05, 3.63) is 35.9 Å². The third-order valence-corrected chi connectivity index (χ3v) is 7.23. The summed E-state index contributed by atoms with van der Waals surface area (Å²) in [4.78, 5) is 23.0. The van der Waals surface area contributed by atoms with Gasteiger partial charge >= 0.3 is 0 Å². The number of likely N-dealkylation sites (tertiary alicyclic amines) is 1. The molecule has 2 saturated carbocycles. The number of carboxylic acid groups (broad SMARTS) is 1. The van der Waals surface area contributed by atoms with E-state index in [1.165, 1.54) is 5.56 Å². The minimum atomic E-state index is -0.378. The molecule has 0 unspecified atom stereocenters. The zero-order valence-electron chi connectivity index (χ0n) is 18.8. The van der Waals surface area contributed by atoms with Gasteiger partial charge in [-0.05, 0) is 30.2 Å². The van der Waals surface area contributed by atoms with Gasteiger partial charge in [-0.2, -0.15) is 0 Å². The Morgan fingerprint density at radius 3 is 2.59 bits per heavy atom. The van der Waals surface area contributed by atoms with Crippen LogP contribution < -0.4 is 5.32 Å². The fraction of sp³-hybridized carbons (Fsp3) is 0.667. The van der Waals surface area contributed by atoms with Crippen molar-refractivity contribution < 1.29 is 29.3 Å².